The minimum absolute atomic E-state index is 0.163. The van der Waals surface area contributed by atoms with E-state index in [4.69, 9.17) is 5.73 Å². The van der Waals surface area contributed by atoms with Crippen molar-refractivity contribution in [2.24, 2.45) is 0 Å². The zero-order chi connectivity index (χ0) is 12.1. The molecule has 8 heteroatoms. The van der Waals surface area contributed by atoms with Gasteiger partial charge < -0.3 is 11.1 Å². The summed E-state index contributed by atoms with van der Waals surface area (Å²) >= 11 is 2.64. The summed E-state index contributed by atoms with van der Waals surface area (Å²) in [5.41, 5.74) is 6.32. The molecule has 0 aliphatic rings. The first-order valence-electron chi connectivity index (χ1n) is 4.40. The molecule has 1 heterocycles. The maximum Gasteiger partial charge on any atom is 0.321 e. The number of carbonyl (C=O) groups is 2. The summed E-state index contributed by atoms with van der Waals surface area (Å²) in [7, 11) is 1.45. The minimum atomic E-state index is -0.508. The van der Waals surface area contributed by atoms with E-state index in [1.165, 1.54) is 30.1 Å². The molecule has 0 aliphatic carbocycles. The van der Waals surface area contributed by atoms with Crippen LogP contribution in [-0.4, -0.2) is 29.7 Å². The summed E-state index contributed by atoms with van der Waals surface area (Å²) in [6.45, 7) is 1.83. The lowest BCUT2D eigenvalue weighted by Crippen LogP contribution is -2.38. The molecule has 88 valence electrons. The van der Waals surface area contributed by atoms with Crippen LogP contribution >= 0.6 is 23.1 Å². The number of aromatic nitrogens is 1. The Morgan fingerprint density at radius 1 is 1.56 bits per heavy atom. The Hall–Kier alpha value is -1.28. The van der Waals surface area contributed by atoms with Gasteiger partial charge >= 0.3 is 6.03 Å². The molecular weight excluding hydrogens is 248 g/mol. The largest absolute Gasteiger partial charge is 0.375 e. The molecule has 0 radical (unpaired) electrons. The molecule has 0 unspecified atom stereocenters. The number of rotatable bonds is 3. The zero-order valence-electron chi connectivity index (χ0n) is 8.86. The molecule has 0 atom stereocenters. The second-order valence-electron chi connectivity index (χ2n) is 2.84. The zero-order valence-corrected chi connectivity index (χ0v) is 10.5. The molecule has 0 spiro atoms. The van der Waals surface area contributed by atoms with E-state index < -0.39 is 6.03 Å². The molecule has 0 saturated heterocycles. The molecule has 0 aliphatic heterocycles. The SMILES string of the molecule is CNC(=O)NC(=O)CSc1sc(N)nc1C. The molecule has 1 aromatic heterocycles. The van der Waals surface area contributed by atoms with Crippen molar-refractivity contribution < 1.29 is 9.59 Å². The second kappa shape index (κ2) is 5.71. The number of carbonyl (C=O) groups excluding carboxylic acids is 2. The quantitative estimate of drug-likeness (QED) is 0.691. The maximum atomic E-state index is 11.3. The van der Waals surface area contributed by atoms with Gasteiger partial charge in [0.15, 0.2) is 5.13 Å². The van der Waals surface area contributed by atoms with Crippen LogP contribution in [0.1, 0.15) is 5.69 Å². The number of nitrogens with two attached hydrogens (primary N) is 1. The highest BCUT2D eigenvalue weighted by Gasteiger charge is 2.10. The predicted molar refractivity (Wildman–Crippen MR) is 64.6 cm³/mol. The van der Waals surface area contributed by atoms with E-state index in [1.54, 1.807) is 0 Å². The first-order valence-corrected chi connectivity index (χ1v) is 6.20. The number of thioether (sulfide) groups is 1. The molecule has 3 amide bonds. The summed E-state index contributed by atoms with van der Waals surface area (Å²) < 4.78 is 0.893. The average Bonchev–Trinajstić information content (AvgIpc) is 2.54. The van der Waals surface area contributed by atoms with Crippen LogP contribution in [0.15, 0.2) is 4.21 Å². The number of hydrogen-bond donors (Lipinski definition) is 3. The molecule has 0 aromatic carbocycles. The lowest BCUT2D eigenvalue weighted by atomic mass is 10.6. The lowest BCUT2D eigenvalue weighted by Gasteiger charge is -2.01. The van der Waals surface area contributed by atoms with Crippen LogP contribution in [0.5, 0.6) is 0 Å². The highest BCUT2D eigenvalue weighted by atomic mass is 32.2. The molecular formula is C8H12N4O2S2. The van der Waals surface area contributed by atoms with E-state index in [0.29, 0.717) is 5.13 Å². The van der Waals surface area contributed by atoms with Gasteiger partial charge in [0.2, 0.25) is 5.91 Å². The van der Waals surface area contributed by atoms with Gasteiger partial charge in [-0.05, 0) is 6.92 Å². The molecule has 0 saturated carbocycles. The highest BCUT2D eigenvalue weighted by Crippen LogP contribution is 2.30. The van der Waals surface area contributed by atoms with Crippen molar-refractivity contribution in [2.75, 3.05) is 18.5 Å². The smallest absolute Gasteiger partial charge is 0.321 e. The van der Waals surface area contributed by atoms with Crippen LogP contribution in [0.4, 0.5) is 9.93 Å². The predicted octanol–water partition coefficient (Wildman–Crippen LogP) is 0.581. The van der Waals surface area contributed by atoms with E-state index in [9.17, 15) is 9.59 Å². The summed E-state index contributed by atoms with van der Waals surface area (Å²) in [6, 6.07) is -0.508. The normalized spacial score (nSPS) is 9.88. The number of thiazole rings is 1. The Kier molecular flexibility index (Phi) is 4.56. The second-order valence-corrected chi connectivity index (χ2v) is 5.12. The van der Waals surface area contributed by atoms with Gasteiger partial charge in [-0.3, -0.25) is 10.1 Å². The van der Waals surface area contributed by atoms with Gasteiger partial charge in [0.25, 0.3) is 0 Å². The van der Waals surface area contributed by atoms with Crippen molar-refractivity contribution in [3.63, 3.8) is 0 Å². The highest BCUT2D eigenvalue weighted by molar-refractivity contribution is 8.01. The lowest BCUT2D eigenvalue weighted by molar-refractivity contribution is -0.117. The summed E-state index contributed by atoms with van der Waals surface area (Å²) in [6.07, 6.45) is 0. The van der Waals surface area contributed by atoms with Crippen LogP contribution in [0.25, 0.3) is 0 Å². The van der Waals surface area contributed by atoms with Crippen LogP contribution in [0.3, 0.4) is 0 Å². The molecule has 0 fully saturated rings. The summed E-state index contributed by atoms with van der Waals surface area (Å²) in [4.78, 5) is 26.1. The molecule has 6 nitrogen and oxygen atoms in total. The van der Waals surface area contributed by atoms with Crippen molar-refractivity contribution in [1.29, 1.82) is 0 Å². The van der Waals surface area contributed by atoms with Gasteiger partial charge in [0.05, 0.1) is 15.7 Å². The molecule has 1 aromatic rings. The van der Waals surface area contributed by atoms with E-state index in [2.05, 4.69) is 15.6 Å². The third kappa shape index (κ3) is 3.70. The average molecular weight is 260 g/mol. The minimum Gasteiger partial charge on any atom is -0.375 e. The Balaban J connectivity index is 2.43. The number of anilines is 1. The van der Waals surface area contributed by atoms with Gasteiger partial charge in [-0.25, -0.2) is 9.78 Å². The van der Waals surface area contributed by atoms with Gasteiger partial charge in [-0.15, -0.1) is 11.8 Å². The Labute approximate surface area is 101 Å². The fourth-order valence-corrected chi connectivity index (χ4v) is 2.72. The Morgan fingerprint density at radius 2 is 2.25 bits per heavy atom. The maximum absolute atomic E-state index is 11.3. The number of nitrogen functional groups attached to an aromatic ring is 1. The van der Waals surface area contributed by atoms with Crippen molar-refractivity contribution in [3.8, 4) is 0 Å². The van der Waals surface area contributed by atoms with Gasteiger partial charge in [0.1, 0.15) is 0 Å². The van der Waals surface area contributed by atoms with Crippen molar-refractivity contribution >= 4 is 40.2 Å². The van der Waals surface area contributed by atoms with Gasteiger partial charge in [-0.1, -0.05) is 11.3 Å². The van der Waals surface area contributed by atoms with Crippen molar-refractivity contribution in [1.82, 2.24) is 15.6 Å². The molecule has 16 heavy (non-hydrogen) atoms. The number of aryl methyl sites for hydroxylation is 1. The first-order chi connectivity index (χ1) is 7.52. The summed E-state index contributed by atoms with van der Waals surface area (Å²) in [5.74, 6) is -0.189. The van der Waals surface area contributed by atoms with Crippen LogP contribution in [0, 0.1) is 6.92 Å². The summed E-state index contributed by atoms with van der Waals surface area (Å²) in [5, 5.41) is 4.95. The van der Waals surface area contributed by atoms with Gasteiger partial charge in [0, 0.05) is 7.05 Å². The standard InChI is InChI=1S/C8H12N4O2S2/c1-4-6(16-7(9)11-4)15-3-5(13)12-8(14)10-2/h3H2,1-2H3,(H2,9,11)(H2,10,12,13,14). The third-order valence-corrected chi connectivity index (χ3v) is 3.93. The number of urea groups is 1. The van der Waals surface area contributed by atoms with Crippen molar-refractivity contribution in [2.45, 2.75) is 11.1 Å². The number of nitrogens with zero attached hydrogens (tertiary/aromatic N) is 1. The molecule has 4 N–H and O–H groups in total. The Bertz CT molecular complexity index is 405. The molecule has 1 rings (SSSR count). The van der Waals surface area contributed by atoms with Crippen LogP contribution in [0.2, 0.25) is 0 Å². The van der Waals surface area contributed by atoms with E-state index in [1.807, 2.05) is 6.92 Å². The third-order valence-electron chi connectivity index (χ3n) is 1.58. The van der Waals surface area contributed by atoms with Crippen molar-refractivity contribution in [3.05, 3.63) is 5.69 Å². The fraction of sp³-hybridized carbons (Fsp3) is 0.375. The van der Waals surface area contributed by atoms with E-state index in [0.717, 1.165) is 9.90 Å². The number of imide groups is 1. The number of amides is 3. The van der Waals surface area contributed by atoms with Crippen LogP contribution < -0.4 is 16.4 Å². The first kappa shape index (κ1) is 12.8. The van der Waals surface area contributed by atoms with E-state index >= 15 is 0 Å². The molecule has 0 bridgehead atoms. The fourth-order valence-electron chi connectivity index (χ4n) is 0.893. The number of nitrogens with one attached hydrogen (secondary N) is 2. The number of hydrogen-bond acceptors (Lipinski definition) is 6. The Morgan fingerprint density at radius 3 is 2.75 bits per heavy atom. The van der Waals surface area contributed by atoms with Gasteiger partial charge in [-0.2, -0.15) is 0 Å². The van der Waals surface area contributed by atoms with E-state index in [-0.39, 0.29) is 11.7 Å². The topological polar surface area (TPSA) is 97.1 Å². The van der Waals surface area contributed by atoms with Crippen LogP contribution in [-0.2, 0) is 4.79 Å². The monoisotopic (exact) mass is 260 g/mol.